The molecule has 6 nitrogen and oxygen atoms in total. The van der Waals surface area contributed by atoms with E-state index in [1.54, 1.807) is 24.3 Å². The summed E-state index contributed by atoms with van der Waals surface area (Å²) in [6.07, 6.45) is -2.12. The Bertz CT molecular complexity index is 1110. The third kappa shape index (κ3) is 7.06. The highest BCUT2D eigenvalue weighted by molar-refractivity contribution is 7.81. The summed E-state index contributed by atoms with van der Waals surface area (Å²) in [6.45, 7) is 3.70. The maximum absolute atomic E-state index is 13.2. The number of carboxylic acid groups (broad SMARTS) is 1. The Morgan fingerprint density at radius 2 is 1.49 bits per heavy atom. The number of rotatable bonds is 9. The van der Waals surface area contributed by atoms with E-state index < -0.39 is 40.4 Å². The van der Waals surface area contributed by atoms with Crippen molar-refractivity contribution in [2.24, 2.45) is 5.92 Å². The van der Waals surface area contributed by atoms with Gasteiger partial charge < -0.3 is 15.7 Å². The number of alkyl halides is 3. The van der Waals surface area contributed by atoms with E-state index in [1.807, 2.05) is 13.8 Å². The lowest BCUT2D eigenvalue weighted by Gasteiger charge is -2.32. The molecule has 0 aromatic heterocycles. The van der Waals surface area contributed by atoms with E-state index in [4.69, 9.17) is 0 Å². The van der Waals surface area contributed by atoms with E-state index in [1.165, 1.54) is 12.1 Å². The Morgan fingerprint density at radius 3 is 1.95 bits per heavy atom. The molecule has 200 valence electrons. The molecule has 1 saturated carbocycles. The standard InChI is InChI=1S/C27H31F3N2O4S/c1-16(2)22(37)23(33)32-26(13-3-4-14-26)25(36)31-21(24(34)35)15-17-5-7-18(8-6-17)19-9-11-20(12-10-19)27(28,29)30/h5-12,16,21-22,37H,3-4,13-15H2,1-2H3,(H,31,36)(H,32,33)(H,34,35)/t21-,22-/m0/s1. The first-order valence-corrected chi connectivity index (χ1v) is 12.6. The maximum atomic E-state index is 13.2. The van der Waals surface area contributed by atoms with Crippen LogP contribution in [0.1, 0.15) is 50.7 Å². The van der Waals surface area contributed by atoms with Crippen molar-refractivity contribution in [2.45, 2.75) is 69.0 Å². The van der Waals surface area contributed by atoms with Crippen molar-refractivity contribution in [3.05, 3.63) is 59.7 Å². The number of hydrogen-bond donors (Lipinski definition) is 4. The quantitative estimate of drug-likeness (QED) is 0.344. The van der Waals surface area contributed by atoms with Gasteiger partial charge in [-0.3, -0.25) is 9.59 Å². The van der Waals surface area contributed by atoms with Gasteiger partial charge in [-0.1, -0.05) is 63.1 Å². The van der Waals surface area contributed by atoms with E-state index in [-0.39, 0.29) is 18.2 Å². The number of carboxylic acids is 1. The van der Waals surface area contributed by atoms with E-state index in [0.29, 0.717) is 29.5 Å². The van der Waals surface area contributed by atoms with Gasteiger partial charge in [0, 0.05) is 6.42 Å². The van der Waals surface area contributed by atoms with Crippen LogP contribution in [0, 0.1) is 5.92 Å². The summed E-state index contributed by atoms with van der Waals surface area (Å²) in [5.41, 5.74) is -0.0214. The van der Waals surface area contributed by atoms with Crippen molar-refractivity contribution in [1.29, 1.82) is 0 Å². The van der Waals surface area contributed by atoms with Crippen molar-refractivity contribution in [3.63, 3.8) is 0 Å². The topological polar surface area (TPSA) is 95.5 Å². The first kappa shape index (κ1) is 28.6. The van der Waals surface area contributed by atoms with Crippen LogP contribution in [0.15, 0.2) is 48.5 Å². The average molecular weight is 537 g/mol. The van der Waals surface area contributed by atoms with Gasteiger partial charge in [-0.25, -0.2) is 4.79 Å². The zero-order valence-corrected chi connectivity index (χ0v) is 21.5. The predicted molar refractivity (Wildman–Crippen MR) is 137 cm³/mol. The lowest BCUT2D eigenvalue weighted by atomic mass is 9.94. The minimum atomic E-state index is -4.42. The lowest BCUT2D eigenvalue weighted by Crippen LogP contribution is -2.61. The highest BCUT2D eigenvalue weighted by Crippen LogP contribution is 2.32. The molecular weight excluding hydrogens is 505 g/mol. The number of benzene rings is 2. The molecule has 0 aliphatic heterocycles. The fourth-order valence-electron chi connectivity index (χ4n) is 4.42. The van der Waals surface area contributed by atoms with Gasteiger partial charge in [0.15, 0.2) is 0 Å². The summed E-state index contributed by atoms with van der Waals surface area (Å²) in [5.74, 6) is -2.14. The number of thiol groups is 1. The maximum Gasteiger partial charge on any atom is 0.416 e. The number of carbonyl (C=O) groups is 3. The summed E-state index contributed by atoms with van der Waals surface area (Å²) in [5, 5.41) is 14.6. The van der Waals surface area contributed by atoms with Crippen LogP contribution in [0.2, 0.25) is 0 Å². The Morgan fingerprint density at radius 1 is 0.973 bits per heavy atom. The van der Waals surface area contributed by atoms with E-state index in [2.05, 4.69) is 23.3 Å². The molecule has 0 radical (unpaired) electrons. The van der Waals surface area contributed by atoms with Crippen molar-refractivity contribution in [2.75, 3.05) is 0 Å². The molecule has 10 heteroatoms. The molecule has 37 heavy (non-hydrogen) atoms. The molecule has 1 aliphatic rings. The smallest absolute Gasteiger partial charge is 0.416 e. The summed E-state index contributed by atoms with van der Waals surface area (Å²) in [4.78, 5) is 37.9. The van der Waals surface area contributed by atoms with E-state index in [0.717, 1.165) is 25.0 Å². The molecule has 1 fully saturated rings. The molecule has 0 saturated heterocycles. The van der Waals surface area contributed by atoms with Crippen LogP contribution in [0.4, 0.5) is 13.2 Å². The second-order valence-electron chi connectivity index (χ2n) is 9.81. The lowest BCUT2D eigenvalue weighted by molar-refractivity contribution is -0.143. The van der Waals surface area contributed by atoms with Crippen LogP contribution in [-0.2, 0) is 27.0 Å². The van der Waals surface area contributed by atoms with Gasteiger partial charge in [0.1, 0.15) is 11.6 Å². The van der Waals surface area contributed by atoms with Crippen molar-refractivity contribution in [1.82, 2.24) is 10.6 Å². The molecule has 1 aliphatic carbocycles. The molecule has 0 heterocycles. The highest BCUT2D eigenvalue weighted by Gasteiger charge is 2.44. The van der Waals surface area contributed by atoms with Crippen molar-refractivity contribution >= 4 is 30.4 Å². The summed E-state index contributed by atoms with van der Waals surface area (Å²) in [6, 6.07) is 10.3. The fraction of sp³-hybridized carbons (Fsp3) is 0.444. The Labute approximate surface area is 219 Å². The van der Waals surface area contributed by atoms with Gasteiger partial charge in [0.05, 0.1) is 10.8 Å². The molecule has 0 bridgehead atoms. The second kappa shape index (κ2) is 11.6. The first-order chi connectivity index (χ1) is 17.3. The number of aliphatic carboxylic acids is 1. The summed E-state index contributed by atoms with van der Waals surface area (Å²) < 4.78 is 38.4. The first-order valence-electron chi connectivity index (χ1n) is 12.1. The molecule has 2 amide bonds. The zero-order chi connectivity index (χ0) is 27.4. The summed E-state index contributed by atoms with van der Waals surface area (Å²) in [7, 11) is 0. The normalized spacial score (nSPS) is 16.7. The van der Waals surface area contributed by atoms with E-state index >= 15 is 0 Å². The van der Waals surface area contributed by atoms with Gasteiger partial charge in [0.2, 0.25) is 11.8 Å². The van der Waals surface area contributed by atoms with Gasteiger partial charge in [-0.05, 0) is 47.6 Å². The largest absolute Gasteiger partial charge is 0.480 e. The molecule has 0 spiro atoms. The fourth-order valence-corrected chi connectivity index (χ4v) is 4.48. The van der Waals surface area contributed by atoms with Crippen LogP contribution < -0.4 is 10.6 Å². The van der Waals surface area contributed by atoms with Crippen molar-refractivity contribution < 1.29 is 32.7 Å². The van der Waals surface area contributed by atoms with Gasteiger partial charge in [-0.2, -0.15) is 25.8 Å². The SMILES string of the molecule is CC(C)[C@H](S)C(=O)NC1(C(=O)N[C@@H](Cc2ccc(-c3ccc(C(F)(F)F)cc3)cc2)C(=O)O)CCCC1. The Balaban J connectivity index is 1.70. The van der Waals surface area contributed by atoms with Crippen LogP contribution >= 0.6 is 12.6 Å². The molecule has 3 N–H and O–H groups in total. The molecule has 2 atom stereocenters. The highest BCUT2D eigenvalue weighted by atomic mass is 32.1. The van der Waals surface area contributed by atoms with Crippen LogP contribution in [0.3, 0.4) is 0 Å². The van der Waals surface area contributed by atoms with E-state index in [9.17, 15) is 32.7 Å². The summed E-state index contributed by atoms with van der Waals surface area (Å²) >= 11 is 4.33. The number of halogens is 3. The minimum Gasteiger partial charge on any atom is -0.480 e. The predicted octanol–water partition coefficient (Wildman–Crippen LogP) is 4.87. The van der Waals surface area contributed by atoms with Crippen LogP contribution in [0.5, 0.6) is 0 Å². The number of carbonyl (C=O) groups excluding carboxylic acids is 2. The Kier molecular flexibility index (Phi) is 8.94. The number of hydrogen-bond acceptors (Lipinski definition) is 4. The number of nitrogens with one attached hydrogen (secondary N) is 2. The monoisotopic (exact) mass is 536 g/mol. The van der Waals surface area contributed by atoms with Crippen molar-refractivity contribution in [3.8, 4) is 11.1 Å². The zero-order valence-electron chi connectivity index (χ0n) is 20.6. The van der Waals surface area contributed by atoms with Crippen LogP contribution in [-0.4, -0.2) is 39.7 Å². The molecule has 2 aromatic rings. The molecule has 2 aromatic carbocycles. The average Bonchev–Trinajstić information content (AvgIpc) is 3.32. The second-order valence-corrected chi connectivity index (χ2v) is 10.4. The molecule has 0 unspecified atom stereocenters. The molecular formula is C27H31F3N2O4S. The Hall–Kier alpha value is -3.01. The van der Waals surface area contributed by atoms with Crippen LogP contribution in [0.25, 0.3) is 11.1 Å². The number of amides is 2. The van der Waals surface area contributed by atoms with Gasteiger partial charge in [-0.15, -0.1) is 0 Å². The third-order valence-electron chi connectivity index (χ3n) is 6.70. The third-order valence-corrected chi connectivity index (χ3v) is 7.53. The van der Waals surface area contributed by atoms with Gasteiger partial charge in [0.25, 0.3) is 0 Å². The molecule has 3 rings (SSSR count). The van der Waals surface area contributed by atoms with Gasteiger partial charge >= 0.3 is 12.1 Å². The minimum absolute atomic E-state index is 0.000418.